The first-order valence-corrected chi connectivity index (χ1v) is 11.2. The molecule has 3 aromatic rings. The molecule has 1 aliphatic heterocycles. The Morgan fingerprint density at radius 1 is 1.03 bits per heavy atom. The largest absolute Gasteiger partial charge is 0.493 e. The lowest BCUT2D eigenvalue weighted by Crippen LogP contribution is -2.06. The van der Waals surface area contributed by atoms with Crippen LogP contribution in [-0.4, -0.2) is 19.0 Å². The lowest BCUT2D eigenvalue weighted by molar-refractivity contribution is -0.129. The molecule has 0 aliphatic carbocycles. The van der Waals surface area contributed by atoms with Gasteiger partial charge in [-0.05, 0) is 83.0 Å². The Morgan fingerprint density at radius 3 is 2.47 bits per heavy atom. The Balaban J connectivity index is 1.61. The van der Waals surface area contributed by atoms with E-state index in [0.29, 0.717) is 24.0 Å². The van der Waals surface area contributed by atoms with E-state index in [2.05, 4.69) is 40.6 Å². The Hall–Kier alpha value is -3.13. The van der Waals surface area contributed by atoms with Crippen molar-refractivity contribution in [2.24, 2.45) is 4.99 Å². The molecule has 0 radical (unpaired) electrons. The third-order valence-electron chi connectivity index (χ3n) is 5.18. The second-order valence-corrected chi connectivity index (χ2v) is 8.56. The van der Waals surface area contributed by atoms with E-state index in [4.69, 9.17) is 14.2 Å². The van der Waals surface area contributed by atoms with Crippen LogP contribution in [0, 0.1) is 17.4 Å². The smallest absolute Gasteiger partial charge is 0.363 e. The third kappa shape index (κ3) is 4.70. The average Bonchev–Trinajstić information content (AvgIpc) is 3.14. The molecule has 0 atom stereocenters. The maximum absolute atomic E-state index is 12.4. The van der Waals surface area contributed by atoms with E-state index >= 15 is 0 Å². The predicted octanol–water partition coefficient (Wildman–Crippen LogP) is 5.84. The SMILES string of the molecule is COc1cc(/C=C2\N=C(c3ccccc3C)OC2=O)cc(I)c1OCc1ccccc1C. The summed E-state index contributed by atoms with van der Waals surface area (Å²) in [5.41, 5.74) is 5.10. The fourth-order valence-electron chi connectivity index (χ4n) is 3.38. The molecular weight excluding hydrogens is 517 g/mol. The summed E-state index contributed by atoms with van der Waals surface area (Å²) in [6, 6.07) is 19.5. The van der Waals surface area contributed by atoms with Gasteiger partial charge in [-0.15, -0.1) is 0 Å². The van der Waals surface area contributed by atoms with Crippen LogP contribution in [-0.2, 0) is 16.1 Å². The summed E-state index contributed by atoms with van der Waals surface area (Å²) >= 11 is 2.21. The molecule has 5 nitrogen and oxygen atoms in total. The van der Waals surface area contributed by atoms with Gasteiger partial charge in [0.2, 0.25) is 5.90 Å². The van der Waals surface area contributed by atoms with Crippen molar-refractivity contribution < 1.29 is 19.0 Å². The van der Waals surface area contributed by atoms with Gasteiger partial charge < -0.3 is 14.2 Å². The number of hydrogen-bond acceptors (Lipinski definition) is 5. The number of halogens is 1. The quantitative estimate of drug-likeness (QED) is 0.225. The topological polar surface area (TPSA) is 57.1 Å². The number of benzene rings is 3. The maximum atomic E-state index is 12.4. The zero-order chi connectivity index (χ0) is 22.7. The first-order chi connectivity index (χ1) is 15.5. The first kappa shape index (κ1) is 22.1. The van der Waals surface area contributed by atoms with Gasteiger partial charge in [-0.3, -0.25) is 0 Å². The summed E-state index contributed by atoms with van der Waals surface area (Å²) in [5, 5.41) is 0. The zero-order valence-corrected chi connectivity index (χ0v) is 20.2. The molecule has 162 valence electrons. The molecule has 0 unspecified atom stereocenters. The number of methoxy groups -OCH3 is 1. The van der Waals surface area contributed by atoms with E-state index in [-0.39, 0.29) is 5.70 Å². The van der Waals surface area contributed by atoms with Gasteiger partial charge in [0.25, 0.3) is 0 Å². The Morgan fingerprint density at radius 2 is 1.75 bits per heavy atom. The number of ether oxygens (including phenoxy) is 3. The highest BCUT2D eigenvalue weighted by Gasteiger charge is 2.25. The summed E-state index contributed by atoms with van der Waals surface area (Å²) < 4.78 is 17.9. The predicted molar refractivity (Wildman–Crippen MR) is 133 cm³/mol. The van der Waals surface area contributed by atoms with Gasteiger partial charge in [0, 0.05) is 5.56 Å². The number of carbonyl (C=O) groups is 1. The van der Waals surface area contributed by atoms with Crippen LogP contribution in [0.3, 0.4) is 0 Å². The van der Waals surface area contributed by atoms with Crippen molar-refractivity contribution in [3.8, 4) is 11.5 Å². The molecule has 0 amide bonds. The lowest BCUT2D eigenvalue weighted by Gasteiger charge is -2.14. The van der Waals surface area contributed by atoms with Crippen LogP contribution >= 0.6 is 22.6 Å². The van der Waals surface area contributed by atoms with Gasteiger partial charge in [-0.2, -0.15) is 0 Å². The van der Waals surface area contributed by atoms with Crippen LogP contribution in [0.5, 0.6) is 11.5 Å². The van der Waals surface area contributed by atoms with Crippen molar-refractivity contribution in [1.82, 2.24) is 0 Å². The van der Waals surface area contributed by atoms with Gasteiger partial charge >= 0.3 is 5.97 Å². The van der Waals surface area contributed by atoms with Crippen molar-refractivity contribution in [3.63, 3.8) is 0 Å². The average molecular weight is 539 g/mol. The molecule has 0 fully saturated rings. The number of cyclic esters (lactones) is 1. The Labute approximate surface area is 200 Å². The fraction of sp³-hybridized carbons (Fsp3) is 0.154. The van der Waals surface area contributed by atoms with Crippen molar-refractivity contribution in [3.05, 3.63) is 97.7 Å². The van der Waals surface area contributed by atoms with Crippen LogP contribution in [0.4, 0.5) is 0 Å². The van der Waals surface area contributed by atoms with E-state index in [1.54, 1.807) is 13.2 Å². The molecule has 4 rings (SSSR count). The van der Waals surface area contributed by atoms with Crippen molar-refractivity contribution in [2.75, 3.05) is 7.11 Å². The Kier molecular flexibility index (Phi) is 6.60. The number of aryl methyl sites for hydroxylation is 2. The van der Waals surface area contributed by atoms with E-state index in [9.17, 15) is 4.79 Å². The molecule has 0 spiro atoms. The van der Waals surface area contributed by atoms with E-state index < -0.39 is 5.97 Å². The number of nitrogens with zero attached hydrogens (tertiary/aromatic N) is 1. The molecule has 1 aliphatic rings. The first-order valence-electron chi connectivity index (χ1n) is 10.1. The van der Waals surface area contributed by atoms with Gasteiger partial charge in [-0.25, -0.2) is 9.79 Å². The van der Waals surface area contributed by atoms with E-state index in [1.807, 2.05) is 61.5 Å². The van der Waals surface area contributed by atoms with Gasteiger partial charge in [0.05, 0.1) is 10.7 Å². The molecule has 0 saturated carbocycles. The molecular formula is C26H22INO4. The molecule has 3 aromatic carbocycles. The maximum Gasteiger partial charge on any atom is 0.363 e. The lowest BCUT2D eigenvalue weighted by atomic mass is 10.1. The fourth-order valence-corrected chi connectivity index (χ4v) is 4.16. The minimum Gasteiger partial charge on any atom is -0.493 e. The van der Waals surface area contributed by atoms with E-state index in [0.717, 1.165) is 25.8 Å². The summed E-state index contributed by atoms with van der Waals surface area (Å²) in [4.78, 5) is 16.8. The van der Waals surface area contributed by atoms with Crippen LogP contribution in [0.1, 0.15) is 27.8 Å². The highest BCUT2D eigenvalue weighted by atomic mass is 127. The van der Waals surface area contributed by atoms with Crippen molar-refractivity contribution >= 4 is 40.5 Å². The highest BCUT2D eigenvalue weighted by molar-refractivity contribution is 14.1. The number of aliphatic imine (C=N–C) groups is 1. The second-order valence-electron chi connectivity index (χ2n) is 7.40. The number of carbonyl (C=O) groups excluding carboxylic acids is 1. The summed E-state index contributed by atoms with van der Waals surface area (Å²) in [7, 11) is 1.60. The van der Waals surface area contributed by atoms with Crippen molar-refractivity contribution in [2.45, 2.75) is 20.5 Å². The standard InChI is InChI=1S/C26H22INO4/c1-16-8-4-6-10-19(16)15-31-24-21(27)12-18(14-23(24)30-3)13-22-26(29)32-25(28-22)20-11-7-5-9-17(20)2/h4-14H,15H2,1-3H3/b22-13-. The molecule has 0 bridgehead atoms. The molecule has 0 saturated heterocycles. The summed E-state index contributed by atoms with van der Waals surface area (Å²) in [6.07, 6.45) is 1.70. The summed E-state index contributed by atoms with van der Waals surface area (Å²) in [5.74, 6) is 1.10. The minimum atomic E-state index is -0.475. The van der Waals surface area contributed by atoms with E-state index in [1.165, 1.54) is 5.56 Å². The minimum absolute atomic E-state index is 0.245. The monoisotopic (exact) mass is 539 g/mol. The van der Waals surface area contributed by atoms with Gasteiger partial charge in [-0.1, -0.05) is 42.5 Å². The highest BCUT2D eigenvalue weighted by Crippen LogP contribution is 2.35. The number of rotatable bonds is 6. The van der Waals surface area contributed by atoms with Crippen LogP contribution in [0.15, 0.2) is 71.4 Å². The van der Waals surface area contributed by atoms with Crippen LogP contribution in [0.2, 0.25) is 0 Å². The second kappa shape index (κ2) is 9.56. The van der Waals surface area contributed by atoms with Gasteiger partial charge in [0.1, 0.15) is 6.61 Å². The zero-order valence-electron chi connectivity index (χ0n) is 18.0. The molecule has 6 heteroatoms. The molecule has 1 heterocycles. The third-order valence-corrected chi connectivity index (χ3v) is 5.99. The normalized spacial score (nSPS) is 14.3. The van der Waals surface area contributed by atoms with Gasteiger partial charge in [0.15, 0.2) is 17.2 Å². The molecule has 32 heavy (non-hydrogen) atoms. The molecule has 0 aromatic heterocycles. The van der Waals surface area contributed by atoms with Crippen molar-refractivity contribution in [1.29, 1.82) is 0 Å². The van der Waals surface area contributed by atoms with Crippen LogP contribution < -0.4 is 9.47 Å². The number of esters is 1. The number of hydrogen-bond donors (Lipinski definition) is 0. The summed E-state index contributed by atoms with van der Waals surface area (Å²) in [6.45, 7) is 4.45. The molecule has 0 N–H and O–H groups in total. The Bertz CT molecular complexity index is 1250. The van der Waals surface area contributed by atoms with Crippen LogP contribution in [0.25, 0.3) is 6.08 Å².